The first-order valence-corrected chi connectivity index (χ1v) is 8.14. The van der Waals surface area contributed by atoms with Gasteiger partial charge in [0.2, 0.25) is 0 Å². The molecule has 0 aliphatic carbocycles. The van der Waals surface area contributed by atoms with Crippen molar-refractivity contribution < 1.29 is 18.3 Å². The van der Waals surface area contributed by atoms with Gasteiger partial charge < -0.3 is 20.1 Å². The normalized spacial score (nSPS) is 11.6. The van der Waals surface area contributed by atoms with Crippen molar-refractivity contribution in [2.24, 2.45) is 0 Å². The molecule has 25 heavy (non-hydrogen) atoms. The van der Waals surface area contributed by atoms with Gasteiger partial charge in [0, 0.05) is 0 Å². The van der Waals surface area contributed by atoms with E-state index in [9.17, 15) is 8.78 Å². The molecule has 0 radical (unpaired) electrons. The molecule has 0 saturated carbocycles. The molecule has 2 rings (SSSR count). The highest BCUT2D eigenvalue weighted by atomic mass is 32.1. The fourth-order valence-electron chi connectivity index (χ4n) is 2.42. The SMILES string of the molecule is CCC(NC(=S)Nc1c(F)cccc1F)c1ccc(OC)c(OC)c1. The van der Waals surface area contributed by atoms with Crippen LogP contribution >= 0.6 is 12.2 Å². The van der Waals surface area contributed by atoms with E-state index in [0.717, 1.165) is 5.56 Å². The fourth-order valence-corrected chi connectivity index (χ4v) is 2.66. The molecule has 0 aliphatic heterocycles. The lowest BCUT2D eigenvalue weighted by atomic mass is 10.0. The van der Waals surface area contributed by atoms with Gasteiger partial charge in [-0.2, -0.15) is 0 Å². The van der Waals surface area contributed by atoms with Crippen LogP contribution in [0, 0.1) is 11.6 Å². The fraction of sp³-hybridized carbons (Fsp3) is 0.278. The molecule has 2 aromatic carbocycles. The van der Waals surface area contributed by atoms with E-state index < -0.39 is 11.6 Å². The van der Waals surface area contributed by atoms with Gasteiger partial charge in [-0.3, -0.25) is 0 Å². The minimum absolute atomic E-state index is 0.130. The zero-order valence-corrected chi connectivity index (χ0v) is 15.0. The van der Waals surface area contributed by atoms with Crippen molar-refractivity contribution in [1.29, 1.82) is 0 Å². The van der Waals surface area contributed by atoms with Crippen molar-refractivity contribution in [3.05, 3.63) is 53.6 Å². The molecule has 1 atom stereocenters. The predicted octanol–water partition coefficient (Wildman–Crippen LogP) is 4.42. The molecule has 134 valence electrons. The van der Waals surface area contributed by atoms with Crippen molar-refractivity contribution in [2.75, 3.05) is 19.5 Å². The van der Waals surface area contributed by atoms with Crippen LogP contribution in [-0.4, -0.2) is 19.3 Å². The quantitative estimate of drug-likeness (QED) is 0.741. The summed E-state index contributed by atoms with van der Waals surface area (Å²) in [6, 6.07) is 8.99. The third kappa shape index (κ3) is 4.57. The Morgan fingerprint density at radius 3 is 2.28 bits per heavy atom. The van der Waals surface area contributed by atoms with E-state index in [-0.39, 0.29) is 16.8 Å². The third-order valence-electron chi connectivity index (χ3n) is 3.72. The van der Waals surface area contributed by atoms with Gasteiger partial charge in [-0.15, -0.1) is 0 Å². The molecule has 0 spiro atoms. The number of ether oxygens (including phenoxy) is 2. The minimum Gasteiger partial charge on any atom is -0.493 e. The Morgan fingerprint density at radius 2 is 1.72 bits per heavy atom. The average molecular weight is 366 g/mol. The maximum Gasteiger partial charge on any atom is 0.171 e. The Hall–Kier alpha value is -2.41. The number of benzene rings is 2. The average Bonchev–Trinajstić information content (AvgIpc) is 2.62. The number of anilines is 1. The summed E-state index contributed by atoms with van der Waals surface area (Å²) in [5.74, 6) is -0.193. The lowest BCUT2D eigenvalue weighted by molar-refractivity contribution is 0.354. The van der Waals surface area contributed by atoms with Gasteiger partial charge in [0.25, 0.3) is 0 Å². The summed E-state index contributed by atoms with van der Waals surface area (Å²) >= 11 is 5.20. The molecular weight excluding hydrogens is 346 g/mol. The molecule has 0 fully saturated rings. The third-order valence-corrected chi connectivity index (χ3v) is 3.94. The van der Waals surface area contributed by atoms with Crippen LogP contribution in [0.15, 0.2) is 36.4 Å². The van der Waals surface area contributed by atoms with Crippen LogP contribution in [0.25, 0.3) is 0 Å². The molecule has 2 aromatic rings. The van der Waals surface area contributed by atoms with Crippen molar-refractivity contribution in [3.8, 4) is 11.5 Å². The van der Waals surface area contributed by atoms with Crippen LogP contribution in [-0.2, 0) is 0 Å². The van der Waals surface area contributed by atoms with Crippen molar-refractivity contribution in [1.82, 2.24) is 5.32 Å². The van der Waals surface area contributed by atoms with E-state index in [1.165, 1.54) is 18.2 Å². The predicted molar refractivity (Wildman–Crippen MR) is 98.3 cm³/mol. The van der Waals surface area contributed by atoms with E-state index in [1.54, 1.807) is 20.3 Å². The van der Waals surface area contributed by atoms with Gasteiger partial charge in [0.05, 0.1) is 20.3 Å². The molecule has 0 amide bonds. The number of nitrogens with one attached hydrogen (secondary N) is 2. The number of thiocarbonyl (C=S) groups is 1. The maximum atomic E-state index is 13.7. The van der Waals surface area contributed by atoms with E-state index in [0.29, 0.717) is 17.9 Å². The second-order valence-corrected chi connectivity index (χ2v) is 5.68. The Kier molecular flexibility index (Phi) is 6.52. The number of methoxy groups -OCH3 is 2. The number of para-hydroxylation sites is 1. The first-order valence-electron chi connectivity index (χ1n) is 7.73. The summed E-state index contributed by atoms with van der Waals surface area (Å²) in [6.45, 7) is 1.97. The Morgan fingerprint density at radius 1 is 1.08 bits per heavy atom. The van der Waals surface area contributed by atoms with Gasteiger partial charge in [-0.05, 0) is 48.5 Å². The molecule has 0 bridgehead atoms. The summed E-state index contributed by atoms with van der Waals surface area (Å²) in [6.07, 6.45) is 0.705. The van der Waals surface area contributed by atoms with Gasteiger partial charge in [-0.25, -0.2) is 8.78 Å². The Bertz CT molecular complexity index is 736. The summed E-state index contributed by atoms with van der Waals surface area (Å²) in [5.41, 5.74) is 0.639. The van der Waals surface area contributed by atoms with E-state index in [4.69, 9.17) is 21.7 Å². The van der Waals surface area contributed by atoms with Gasteiger partial charge in [-0.1, -0.05) is 19.1 Å². The first-order chi connectivity index (χ1) is 12.0. The van der Waals surface area contributed by atoms with Crippen LogP contribution in [0.4, 0.5) is 14.5 Å². The van der Waals surface area contributed by atoms with Crippen LogP contribution in [0.2, 0.25) is 0 Å². The van der Waals surface area contributed by atoms with Gasteiger partial charge in [0.15, 0.2) is 16.6 Å². The van der Waals surface area contributed by atoms with Crippen molar-refractivity contribution in [3.63, 3.8) is 0 Å². The molecule has 4 nitrogen and oxygen atoms in total. The Labute approximate surface area is 151 Å². The maximum absolute atomic E-state index is 13.7. The van der Waals surface area contributed by atoms with Crippen molar-refractivity contribution in [2.45, 2.75) is 19.4 Å². The molecule has 1 unspecified atom stereocenters. The molecule has 0 heterocycles. The summed E-state index contributed by atoms with van der Waals surface area (Å²) in [4.78, 5) is 0. The lowest BCUT2D eigenvalue weighted by Gasteiger charge is -2.21. The van der Waals surface area contributed by atoms with E-state index in [1.807, 2.05) is 19.1 Å². The standard InChI is InChI=1S/C18H20F2N2O2S/c1-4-14(11-8-9-15(23-2)16(10-11)24-3)21-18(25)22-17-12(19)6-5-7-13(17)20/h5-10,14H,4H2,1-3H3,(H2,21,22,25). The highest BCUT2D eigenvalue weighted by molar-refractivity contribution is 7.80. The molecule has 0 saturated heterocycles. The summed E-state index contributed by atoms with van der Waals surface area (Å²) in [5, 5.41) is 5.77. The van der Waals surface area contributed by atoms with Crippen LogP contribution in [0.5, 0.6) is 11.5 Å². The van der Waals surface area contributed by atoms with Gasteiger partial charge >= 0.3 is 0 Å². The number of halogens is 2. The largest absolute Gasteiger partial charge is 0.493 e. The molecule has 0 aromatic heterocycles. The Balaban J connectivity index is 2.15. The highest BCUT2D eigenvalue weighted by Gasteiger charge is 2.16. The first kappa shape index (κ1) is 18.9. The van der Waals surface area contributed by atoms with E-state index in [2.05, 4.69) is 10.6 Å². The zero-order valence-electron chi connectivity index (χ0n) is 14.2. The van der Waals surface area contributed by atoms with Crippen LogP contribution in [0.3, 0.4) is 0 Å². The number of hydrogen-bond acceptors (Lipinski definition) is 3. The van der Waals surface area contributed by atoms with Crippen LogP contribution in [0.1, 0.15) is 24.9 Å². The van der Waals surface area contributed by atoms with E-state index >= 15 is 0 Å². The van der Waals surface area contributed by atoms with Crippen LogP contribution < -0.4 is 20.1 Å². The molecule has 7 heteroatoms. The lowest BCUT2D eigenvalue weighted by Crippen LogP contribution is -2.32. The van der Waals surface area contributed by atoms with Gasteiger partial charge in [0.1, 0.15) is 17.3 Å². The zero-order chi connectivity index (χ0) is 18.4. The number of rotatable bonds is 6. The summed E-state index contributed by atoms with van der Waals surface area (Å²) < 4.78 is 38.0. The smallest absolute Gasteiger partial charge is 0.171 e. The number of hydrogen-bond donors (Lipinski definition) is 2. The molecule has 0 aliphatic rings. The molecular formula is C18H20F2N2O2S. The monoisotopic (exact) mass is 366 g/mol. The molecule has 2 N–H and O–H groups in total. The topological polar surface area (TPSA) is 42.5 Å². The highest BCUT2D eigenvalue weighted by Crippen LogP contribution is 2.31. The summed E-state index contributed by atoms with van der Waals surface area (Å²) in [7, 11) is 3.12. The van der Waals surface area contributed by atoms with Crippen molar-refractivity contribution >= 4 is 23.0 Å². The second-order valence-electron chi connectivity index (χ2n) is 5.27. The second kappa shape index (κ2) is 8.62. The minimum atomic E-state index is -0.705.